The average molecular weight is 312 g/mol. The predicted octanol–water partition coefficient (Wildman–Crippen LogP) is 3.77. The molecule has 19 heavy (non-hydrogen) atoms. The summed E-state index contributed by atoms with van der Waals surface area (Å²) in [5.74, 6) is 1.84. The van der Waals surface area contributed by atoms with Crippen molar-refractivity contribution < 1.29 is 0 Å². The molecule has 0 atom stereocenters. The fourth-order valence-electron chi connectivity index (χ4n) is 1.44. The van der Waals surface area contributed by atoms with Gasteiger partial charge in [0, 0.05) is 24.1 Å². The monoisotopic (exact) mass is 312 g/mol. The zero-order valence-electron chi connectivity index (χ0n) is 10.9. The molecule has 0 fully saturated rings. The van der Waals surface area contributed by atoms with E-state index in [1.165, 1.54) is 5.56 Å². The summed E-state index contributed by atoms with van der Waals surface area (Å²) in [6, 6.07) is 4.08. The summed E-state index contributed by atoms with van der Waals surface area (Å²) in [6.45, 7) is 3.10. The number of thioether (sulfide) groups is 2. The normalized spacial score (nSPS) is 10.6. The van der Waals surface area contributed by atoms with Crippen molar-refractivity contribution in [3.05, 3.63) is 23.9 Å². The summed E-state index contributed by atoms with van der Waals surface area (Å²) < 4.78 is 2.02. The van der Waals surface area contributed by atoms with Crippen molar-refractivity contribution in [2.24, 2.45) is 0 Å². The summed E-state index contributed by atoms with van der Waals surface area (Å²) in [6.07, 6.45) is 4.93. The van der Waals surface area contributed by atoms with Gasteiger partial charge in [0.2, 0.25) is 0 Å². The number of nitrogens with one attached hydrogen (secondary N) is 1. The molecular formula is C12H16N4S3. The van der Waals surface area contributed by atoms with E-state index in [1.807, 2.05) is 18.5 Å². The Morgan fingerprint density at radius 1 is 1.32 bits per heavy atom. The van der Waals surface area contributed by atoms with Crippen molar-refractivity contribution in [2.75, 3.05) is 18.1 Å². The van der Waals surface area contributed by atoms with Gasteiger partial charge in [-0.15, -0.1) is 10.2 Å². The second-order valence-electron chi connectivity index (χ2n) is 3.76. The van der Waals surface area contributed by atoms with Gasteiger partial charge >= 0.3 is 0 Å². The third-order valence-electron chi connectivity index (χ3n) is 2.35. The zero-order chi connectivity index (χ0) is 13.5. The molecule has 2 aromatic heterocycles. The summed E-state index contributed by atoms with van der Waals surface area (Å²) in [5, 5.41) is 11.6. The van der Waals surface area contributed by atoms with Crippen LogP contribution in [0.1, 0.15) is 18.9 Å². The minimum Gasteiger partial charge on any atom is -0.370 e. The Morgan fingerprint density at radius 2 is 2.16 bits per heavy atom. The fourth-order valence-corrected chi connectivity index (χ4v) is 3.86. The van der Waals surface area contributed by atoms with E-state index in [9.17, 15) is 0 Å². The van der Waals surface area contributed by atoms with Gasteiger partial charge in [-0.1, -0.05) is 47.9 Å². The second kappa shape index (κ2) is 7.72. The molecule has 0 unspecified atom stereocenters. The maximum atomic E-state index is 4.39. The van der Waals surface area contributed by atoms with Crippen molar-refractivity contribution in [3.8, 4) is 0 Å². The van der Waals surface area contributed by atoms with Gasteiger partial charge in [0.15, 0.2) is 8.68 Å². The number of aromatic nitrogens is 3. The molecule has 4 nitrogen and oxygen atoms in total. The third kappa shape index (κ3) is 4.36. The molecule has 2 heterocycles. The first-order valence-corrected chi connectivity index (χ1v) is 9.04. The van der Waals surface area contributed by atoms with Crippen LogP contribution in [0.4, 0.5) is 5.82 Å². The first-order chi connectivity index (χ1) is 9.33. The van der Waals surface area contributed by atoms with Crippen molar-refractivity contribution in [2.45, 2.75) is 27.8 Å². The van der Waals surface area contributed by atoms with E-state index in [2.05, 4.69) is 33.5 Å². The topological polar surface area (TPSA) is 50.7 Å². The Morgan fingerprint density at radius 3 is 2.89 bits per heavy atom. The van der Waals surface area contributed by atoms with Crippen molar-refractivity contribution >= 4 is 40.7 Å². The Balaban J connectivity index is 1.98. The lowest BCUT2D eigenvalue weighted by molar-refractivity contribution is 0.954. The van der Waals surface area contributed by atoms with E-state index in [0.717, 1.165) is 33.2 Å². The molecule has 0 aromatic carbocycles. The average Bonchev–Trinajstić information content (AvgIpc) is 2.91. The Kier molecular flexibility index (Phi) is 5.93. The number of anilines is 1. The molecule has 0 amide bonds. The van der Waals surface area contributed by atoms with Gasteiger partial charge < -0.3 is 5.32 Å². The summed E-state index contributed by atoms with van der Waals surface area (Å²) >= 11 is 4.98. The summed E-state index contributed by atoms with van der Waals surface area (Å²) in [4.78, 5) is 4.39. The SMILES string of the molecule is CCCNc1ncccc1CSc1nnc(SC)s1. The van der Waals surface area contributed by atoms with E-state index in [0.29, 0.717) is 0 Å². The third-order valence-corrected chi connectivity index (χ3v) is 5.43. The van der Waals surface area contributed by atoms with Crippen LogP contribution in [-0.2, 0) is 5.75 Å². The van der Waals surface area contributed by atoms with Crippen LogP contribution in [-0.4, -0.2) is 28.0 Å². The van der Waals surface area contributed by atoms with Crippen LogP contribution in [0.2, 0.25) is 0 Å². The van der Waals surface area contributed by atoms with Crippen LogP contribution in [0.5, 0.6) is 0 Å². The molecule has 2 rings (SSSR count). The van der Waals surface area contributed by atoms with E-state index < -0.39 is 0 Å². The molecule has 0 aliphatic heterocycles. The van der Waals surface area contributed by atoms with E-state index in [-0.39, 0.29) is 0 Å². The predicted molar refractivity (Wildman–Crippen MR) is 84.3 cm³/mol. The van der Waals surface area contributed by atoms with Gasteiger partial charge in [-0.3, -0.25) is 0 Å². The summed E-state index contributed by atoms with van der Waals surface area (Å²) in [7, 11) is 0. The number of pyridine rings is 1. The van der Waals surface area contributed by atoms with Gasteiger partial charge in [0.25, 0.3) is 0 Å². The highest BCUT2D eigenvalue weighted by Crippen LogP contribution is 2.30. The molecule has 0 saturated carbocycles. The number of rotatable bonds is 7. The molecule has 2 aromatic rings. The lowest BCUT2D eigenvalue weighted by Gasteiger charge is -2.08. The minimum atomic E-state index is 0.864. The van der Waals surface area contributed by atoms with Gasteiger partial charge in [-0.2, -0.15) is 0 Å². The highest BCUT2D eigenvalue weighted by Gasteiger charge is 2.07. The molecule has 0 spiro atoms. The van der Waals surface area contributed by atoms with Gasteiger partial charge in [-0.25, -0.2) is 4.98 Å². The first kappa shape index (κ1) is 14.6. The fraction of sp³-hybridized carbons (Fsp3) is 0.417. The molecule has 0 saturated heterocycles. The van der Waals surface area contributed by atoms with E-state index in [1.54, 1.807) is 34.9 Å². The number of nitrogens with zero attached hydrogens (tertiary/aromatic N) is 3. The first-order valence-electron chi connectivity index (χ1n) is 6.01. The van der Waals surface area contributed by atoms with Crippen LogP contribution < -0.4 is 5.32 Å². The van der Waals surface area contributed by atoms with Gasteiger partial charge in [0.1, 0.15) is 5.82 Å². The number of hydrogen-bond acceptors (Lipinski definition) is 7. The number of hydrogen-bond donors (Lipinski definition) is 1. The Bertz CT molecular complexity index is 515. The lowest BCUT2D eigenvalue weighted by atomic mass is 10.3. The molecule has 0 aliphatic rings. The highest BCUT2D eigenvalue weighted by molar-refractivity contribution is 8.02. The van der Waals surface area contributed by atoms with Crippen LogP contribution in [0, 0.1) is 0 Å². The van der Waals surface area contributed by atoms with Gasteiger partial charge in [-0.05, 0) is 18.7 Å². The maximum absolute atomic E-state index is 4.39. The zero-order valence-corrected chi connectivity index (χ0v) is 13.4. The van der Waals surface area contributed by atoms with Gasteiger partial charge in [0.05, 0.1) is 0 Å². The van der Waals surface area contributed by atoms with E-state index >= 15 is 0 Å². The minimum absolute atomic E-state index is 0.864. The standard InChI is InChI=1S/C12H16N4S3/c1-3-6-13-10-9(5-4-7-14-10)8-18-12-16-15-11(17-2)19-12/h4-5,7H,3,6,8H2,1-2H3,(H,13,14). The molecule has 0 radical (unpaired) electrons. The molecule has 0 bridgehead atoms. The summed E-state index contributed by atoms with van der Waals surface area (Å²) in [5.41, 5.74) is 1.21. The lowest BCUT2D eigenvalue weighted by Crippen LogP contribution is -2.04. The second-order valence-corrected chi connectivity index (χ2v) is 7.02. The largest absolute Gasteiger partial charge is 0.370 e. The molecule has 1 N–H and O–H groups in total. The smallest absolute Gasteiger partial charge is 0.175 e. The molecular weight excluding hydrogens is 296 g/mol. The highest BCUT2D eigenvalue weighted by atomic mass is 32.2. The van der Waals surface area contributed by atoms with Crippen molar-refractivity contribution in [1.82, 2.24) is 15.2 Å². The van der Waals surface area contributed by atoms with Crippen LogP contribution in [0.25, 0.3) is 0 Å². The molecule has 0 aliphatic carbocycles. The molecule has 102 valence electrons. The van der Waals surface area contributed by atoms with Crippen LogP contribution in [0.3, 0.4) is 0 Å². The maximum Gasteiger partial charge on any atom is 0.175 e. The quantitative estimate of drug-likeness (QED) is 0.785. The van der Waals surface area contributed by atoms with Crippen LogP contribution >= 0.6 is 34.9 Å². The Hall–Kier alpha value is -0.790. The Labute approximate surface area is 125 Å². The van der Waals surface area contributed by atoms with Crippen molar-refractivity contribution in [1.29, 1.82) is 0 Å². The van der Waals surface area contributed by atoms with Crippen LogP contribution in [0.15, 0.2) is 27.0 Å². The molecule has 7 heteroatoms. The van der Waals surface area contributed by atoms with E-state index in [4.69, 9.17) is 0 Å². The van der Waals surface area contributed by atoms with Crippen molar-refractivity contribution in [3.63, 3.8) is 0 Å².